The summed E-state index contributed by atoms with van der Waals surface area (Å²) in [5.74, 6) is 0. The molecule has 1 aliphatic heterocycles. The number of aromatic nitrogens is 2. The summed E-state index contributed by atoms with van der Waals surface area (Å²) in [5.41, 5.74) is 5.70. The largest absolute Gasteiger partial charge is 0.296 e. The van der Waals surface area contributed by atoms with Crippen LogP contribution in [-0.2, 0) is 6.42 Å². The molecule has 0 aliphatic carbocycles. The molecule has 18 heavy (non-hydrogen) atoms. The molecule has 0 spiro atoms. The molecule has 0 N–H and O–H groups in total. The minimum absolute atomic E-state index is 0.878. The highest BCUT2D eigenvalue weighted by Gasteiger charge is 2.12. The molecule has 4 heteroatoms. The van der Waals surface area contributed by atoms with Gasteiger partial charge in [0.2, 0.25) is 0 Å². The standard InChI is InChI=1S/C14H10N4/c1-2-13-8-11-9-16-17-14(11)18(13)12(1)7-10-3-5-15-6-4-10/h1-6,8-9H,7H2. The second-order valence-corrected chi connectivity index (χ2v) is 4.39. The highest BCUT2D eigenvalue weighted by atomic mass is 15.2. The third kappa shape index (κ3) is 1.29. The molecule has 4 nitrogen and oxygen atoms in total. The molecule has 86 valence electrons. The first-order valence-corrected chi connectivity index (χ1v) is 5.85. The van der Waals surface area contributed by atoms with Gasteiger partial charge in [-0.3, -0.25) is 9.38 Å². The zero-order valence-corrected chi connectivity index (χ0v) is 9.61. The van der Waals surface area contributed by atoms with Crippen molar-refractivity contribution in [2.45, 2.75) is 6.42 Å². The summed E-state index contributed by atoms with van der Waals surface area (Å²) < 4.78 is 2.17. The Kier molecular flexibility index (Phi) is 1.85. The van der Waals surface area contributed by atoms with E-state index in [1.165, 1.54) is 16.8 Å². The SMILES string of the molecule is C1=NN=c2c1cc1ccc(Cc3ccncc3)n21. The third-order valence-corrected chi connectivity index (χ3v) is 3.25. The molecule has 0 bridgehead atoms. The van der Waals surface area contributed by atoms with Gasteiger partial charge in [-0.25, -0.2) is 0 Å². The van der Waals surface area contributed by atoms with Crippen molar-refractivity contribution in [3.8, 4) is 0 Å². The Morgan fingerprint density at radius 2 is 1.94 bits per heavy atom. The quantitative estimate of drug-likeness (QED) is 0.664. The minimum atomic E-state index is 0.878. The van der Waals surface area contributed by atoms with Gasteiger partial charge < -0.3 is 0 Å². The molecule has 0 aromatic carbocycles. The molecule has 0 saturated heterocycles. The van der Waals surface area contributed by atoms with E-state index in [-0.39, 0.29) is 0 Å². The van der Waals surface area contributed by atoms with Crippen LogP contribution in [0.25, 0.3) is 5.52 Å². The number of fused-ring (bicyclic) bond motifs is 3. The Morgan fingerprint density at radius 1 is 1.06 bits per heavy atom. The van der Waals surface area contributed by atoms with Gasteiger partial charge in [-0.1, -0.05) is 0 Å². The van der Waals surface area contributed by atoms with Crippen LogP contribution in [0.15, 0.2) is 52.9 Å². The molecule has 0 amide bonds. The molecule has 0 fully saturated rings. The maximum absolute atomic E-state index is 4.18. The Balaban J connectivity index is 1.87. The maximum atomic E-state index is 4.18. The summed E-state index contributed by atoms with van der Waals surface area (Å²) in [4.78, 5) is 4.04. The Bertz CT molecular complexity index is 799. The molecular formula is C14H10N4. The van der Waals surface area contributed by atoms with Crippen LogP contribution < -0.4 is 5.49 Å². The lowest BCUT2D eigenvalue weighted by Crippen LogP contribution is -2.12. The first kappa shape index (κ1) is 9.53. The number of hydrogen-bond donors (Lipinski definition) is 0. The molecule has 0 saturated carbocycles. The summed E-state index contributed by atoms with van der Waals surface area (Å²) in [7, 11) is 0. The van der Waals surface area contributed by atoms with E-state index in [0.717, 1.165) is 17.5 Å². The van der Waals surface area contributed by atoms with E-state index in [1.54, 1.807) is 6.21 Å². The van der Waals surface area contributed by atoms with Gasteiger partial charge in [-0.15, -0.1) is 5.10 Å². The fourth-order valence-corrected chi connectivity index (χ4v) is 2.41. The van der Waals surface area contributed by atoms with Crippen molar-refractivity contribution in [3.05, 3.63) is 65.0 Å². The zero-order valence-electron chi connectivity index (χ0n) is 9.61. The van der Waals surface area contributed by atoms with Gasteiger partial charge in [0.05, 0.1) is 6.21 Å². The van der Waals surface area contributed by atoms with E-state index in [0.29, 0.717) is 0 Å². The fourth-order valence-electron chi connectivity index (χ4n) is 2.41. The maximum Gasteiger partial charge on any atom is 0.168 e. The second-order valence-electron chi connectivity index (χ2n) is 4.39. The van der Waals surface area contributed by atoms with Crippen LogP contribution in [-0.4, -0.2) is 15.6 Å². The van der Waals surface area contributed by atoms with Crippen molar-refractivity contribution in [1.29, 1.82) is 0 Å². The van der Waals surface area contributed by atoms with E-state index < -0.39 is 0 Å². The van der Waals surface area contributed by atoms with Gasteiger partial charge in [0, 0.05) is 35.6 Å². The van der Waals surface area contributed by atoms with Crippen LogP contribution in [0.1, 0.15) is 16.8 Å². The number of rotatable bonds is 2. The second kappa shape index (κ2) is 3.50. The molecule has 0 atom stereocenters. The van der Waals surface area contributed by atoms with Crippen LogP contribution in [0, 0.1) is 0 Å². The Hall–Kier alpha value is -2.49. The van der Waals surface area contributed by atoms with Crippen molar-refractivity contribution in [1.82, 2.24) is 9.38 Å². The topological polar surface area (TPSA) is 42.0 Å². The average molecular weight is 234 g/mol. The summed E-state index contributed by atoms with van der Waals surface area (Å²) in [6.07, 6.45) is 6.33. The third-order valence-electron chi connectivity index (χ3n) is 3.25. The molecule has 0 radical (unpaired) electrons. The van der Waals surface area contributed by atoms with Crippen LogP contribution in [0.5, 0.6) is 0 Å². The predicted molar refractivity (Wildman–Crippen MR) is 68.8 cm³/mol. The highest BCUT2D eigenvalue weighted by Crippen LogP contribution is 2.15. The van der Waals surface area contributed by atoms with Gasteiger partial charge in [-0.05, 0) is 35.9 Å². The van der Waals surface area contributed by atoms with E-state index in [1.807, 2.05) is 24.5 Å². The molecular weight excluding hydrogens is 224 g/mol. The lowest BCUT2D eigenvalue weighted by Gasteiger charge is -2.00. The molecule has 3 aromatic rings. The summed E-state index contributed by atoms with van der Waals surface area (Å²) >= 11 is 0. The summed E-state index contributed by atoms with van der Waals surface area (Å²) in [6.45, 7) is 0. The summed E-state index contributed by atoms with van der Waals surface area (Å²) in [5, 5.41) is 8.14. The number of nitrogens with zero attached hydrogens (tertiary/aromatic N) is 4. The van der Waals surface area contributed by atoms with Crippen LogP contribution in [0.2, 0.25) is 0 Å². The van der Waals surface area contributed by atoms with Gasteiger partial charge >= 0.3 is 0 Å². The zero-order chi connectivity index (χ0) is 11.9. The number of hydrogen-bond acceptors (Lipinski definition) is 3. The highest BCUT2D eigenvalue weighted by molar-refractivity contribution is 5.83. The van der Waals surface area contributed by atoms with Gasteiger partial charge in [0.25, 0.3) is 0 Å². The van der Waals surface area contributed by atoms with Crippen LogP contribution in [0.3, 0.4) is 0 Å². The van der Waals surface area contributed by atoms with Gasteiger partial charge in [0.1, 0.15) is 0 Å². The molecule has 0 unspecified atom stereocenters. The van der Waals surface area contributed by atoms with Gasteiger partial charge in [0.15, 0.2) is 5.49 Å². The monoisotopic (exact) mass is 234 g/mol. The smallest absolute Gasteiger partial charge is 0.168 e. The fraction of sp³-hybridized carbons (Fsp3) is 0.0714. The van der Waals surface area contributed by atoms with Crippen LogP contribution >= 0.6 is 0 Å². The average Bonchev–Trinajstić information content (AvgIpc) is 3.03. The first-order valence-electron chi connectivity index (χ1n) is 5.85. The van der Waals surface area contributed by atoms with Crippen molar-refractivity contribution in [2.75, 3.05) is 0 Å². The lowest BCUT2D eigenvalue weighted by atomic mass is 10.1. The minimum Gasteiger partial charge on any atom is -0.296 e. The normalized spacial score (nSPS) is 12.9. The first-order chi connectivity index (χ1) is 8.92. The van der Waals surface area contributed by atoms with E-state index in [9.17, 15) is 0 Å². The van der Waals surface area contributed by atoms with Crippen molar-refractivity contribution < 1.29 is 0 Å². The van der Waals surface area contributed by atoms with Gasteiger partial charge in [-0.2, -0.15) is 5.10 Å². The predicted octanol–water partition coefficient (Wildman–Crippen LogP) is 1.61. The van der Waals surface area contributed by atoms with Crippen molar-refractivity contribution >= 4 is 11.7 Å². The molecule has 4 rings (SSSR count). The van der Waals surface area contributed by atoms with Crippen molar-refractivity contribution in [2.24, 2.45) is 10.2 Å². The molecule has 4 heterocycles. The van der Waals surface area contributed by atoms with Crippen molar-refractivity contribution in [3.63, 3.8) is 0 Å². The van der Waals surface area contributed by atoms with E-state index in [2.05, 4.69) is 37.8 Å². The molecule has 1 aliphatic rings. The Morgan fingerprint density at radius 3 is 2.83 bits per heavy atom. The van der Waals surface area contributed by atoms with Crippen LogP contribution in [0.4, 0.5) is 0 Å². The molecule has 3 aromatic heterocycles. The summed E-state index contributed by atoms with van der Waals surface area (Å²) in [6, 6.07) is 10.5. The van der Waals surface area contributed by atoms with E-state index in [4.69, 9.17) is 0 Å². The lowest BCUT2D eigenvalue weighted by molar-refractivity contribution is 0.958. The Labute approximate surface area is 103 Å². The van der Waals surface area contributed by atoms with E-state index >= 15 is 0 Å². The number of pyridine rings is 1.